The fourth-order valence-electron chi connectivity index (χ4n) is 15.2. The number of phenols is 3. The molecule has 0 spiro atoms. The Morgan fingerprint density at radius 1 is 0.303 bits per heavy atom. The van der Waals surface area contributed by atoms with Crippen molar-refractivity contribution in [3.8, 4) is 17.2 Å². The first-order valence-electron chi connectivity index (χ1n) is 29.6. The molecule has 0 amide bonds. The summed E-state index contributed by atoms with van der Waals surface area (Å²) < 4.78 is 0. The Balaban J connectivity index is 2.37. The number of hydrogen-bond acceptors (Lipinski definition) is 5. The second-order valence-corrected chi connectivity index (χ2v) is 35.7. The zero-order chi connectivity index (χ0) is 59.2. The number of hydrogen-bond donors (Lipinski definition) is 4. The van der Waals surface area contributed by atoms with Crippen molar-refractivity contribution in [2.24, 2.45) is 32.5 Å². The Hall–Kier alpha value is -3.02. The Bertz CT molecular complexity index is 2160. The molecular formula is C71H122N2O3. The number of rotatable bonds is 21. The molecule has 3 rings (SSSR count). The molecule has 0 saturated carbocycles. The van der Waals surface area contributed by atoms with Crippen molar-refractivity contribution in [3.05, 3.63) is 86.5 Å². The van der Waals surface area contributed by atoms with Gasteiger partial charge in [0.2, 0.25) is 0 Å². The molecule has 434 valence electrons. The second-order valence-electron chi connectivity index (χ2n) is 35.7. The van der Waals surface area contributed by atoms with E-state index in [0.29, 0.717) is 36.9 Å². The lowest BCUT2D eigenvalue weighted by Gasteiger charge is -2.38. The maximum absolute atomic E-state index is 12.5. The number of phenolic OH excluding ortho intramolecular Hbond substituents is 3. The van der Waals surface area contributed by atoms with Crippen LogP contribution in [-0.4, -0.2) is 33.3 Å². The largest absolute Gasteiger partial charge is 0.507 e. The highest BCUT2D eigenvalue weighted by Crippen LogP contribution is 2.51. The molecule has 0 unspecified atom stereocenters. The summed E-state index contributed by atoms with van der Waals surface area (Å²) in [5, 5.41) is 41.3. The van der Waals surface area contributed by atoms with Crippen LogP contribution >= 0.6 is 0 Å². The third-order valence-electron chi connectivity index (χ3n) is 15.5. The minimum absolute atomic E-state index is 0.0598. The van der Waals surface area contributed by atoms with Gasteiger partial charge in [0.15, 0.2) is 0 Å². The van der Waals surface area contributed by atoms with Crippen LogP contribution < -0.4 is 5.32 Å². The lowest BCUT2D eigenvalue weighted by atomic mass is 9.67. The molecule has 0 aliphatic carbocycles. The highest BCUT2D eigenvalue weighted by atomic mass is 16.3. The van der Waals surface area contributed by atoms with E-state index in [0.717, 1.165) is 85.0 Å². The average molecular weight is 1050 g/mol. The van der Waals surface area contributed by atoms with Crippen molar-refractivity contribution in [1.82, 2.24) is 10.2 Å². The molecule has 3 aromatic carbocycles. The van der Waals surface area contributed by atoms with E-state index >= 15 is 0 Å². The highest BCUT2D eigenvalue weighted by Gasteiger charge is 2.39. The number of nitrogens with one attached hydrogen (secondary N) is 1. The predicted molar refractivity (Wildman–Crippen MR) is 333 cm³/mol. The highest BCUT2D eigenvalue weighted by molar-refractivity contribution is 5.53. The summed E-state index contributed by atoms with van der Waals surface area (Å²) in [4.78, 5) is 2.60. The van der Waals surface area contributed by atoms with Gasteiger partial charge >= 0.3 is 0 Å². The molecule has 0 fully saturated rings. The van der Waals surface area contributed by atoms with Crippen molar-refractivity contribution in [2.75, 3.05) is 13.1 Å². The summed E-state index contributed by atoms with van der Waals surface area (Å²) in [6, 6.07) is 13.8. The van der Waals surface area contributed by atoms with Gasteiger partial charge in [0, 0.05) is 66.1 Å². The van der Waals surface area contributed by atoms with Crippen molar-refractivity contribution in [2.45, 2.75) is 298 Å². The molecule has 0 heterocycles. The number of benzene rings is 3. The molecule has 0 aliphatic heterocycles. The lowest BCUT2D eigenvalue weighted by Crippen LogP contribution is -2.33. The Morgan fingerprint density at radius 2 is 0.487 bits per heavy atom. The molecule has 0 aliphatic rings. The molecule has 0 saturated heterocycles. The third kappa shape index (κ3) is 20.0. The van der Waals surface area contributed by atoms with Gasteiger partial charge in [-0.2, -0.15) is 0 Å². The number of aromatic hydroxyl groups is 3. The van der Waals surface area contributed by atoms with Gasteiger partial charge in [-0.25, -0.2) is 0 Å². The smallest absolute Gasteiger partial charge is 0.123 e. The molecule has 0 radical (unpaired) electrons. The van der Waals surface area contributed by atoms with Crippen LogP contribution in [0, 0.1) is 32.5 Å². The molecule has 5 nitrogen and oxygen atoms in total. The van der Waals surface area contributed by atoms with Crippen LogP contribution in [0.1, 0.15) is 296 Å². The Kier molecular flexibility index (Phi) is 20.2. The third-order valence-corrected chi connectivity index (χ3v) is 15.5. The van der Waals surface area contributed by atoms with Crippen LogP contribution in [0.2, 0.25) is 0 Å². The van der Waals surface area contributed by atoms with Crippen LogP contribution in [0.15, 0.2) is 36.4 Å². The van der Waals surface area contributed by atoms with Gasteiger partial charge in [-0.15, -0.1) is 0 Å². The van der Waals surface area contributed by atoms with E-state index in [1.807, 2.05) is 0 Å². The van der Waals surface area contributed by atoms with Crippen LogP contribution in [-0.2, 0) is 52.1 Å². The van der Waals surface area contributed by atoms with E-state index in [9.17, 15) is 15.3 Å². The van der Waals surface area contributed by atoms with E-state index in [1.165, 1.54) is 16.7 Å². The van der Waals surface area contributed by atoms with Crippen LogP contribution in [0.25, 0.3) is 0 Å². The average Bonchev–Trinajstić information content (AvgIpc) is 3.12. The van der Waals surface area contributed by atoms with Crippen molar-refractivity contribution < 1.29 is 15.3 Å². The molecule has 76 heavy (non-hydrogen) atoms. The zero-order valence-electron chi connectivity index (χ0n) is 55.5. The van der Waals surface area contributed by atoms with Gasteiger partial charge in [-0.3, -0.25) is 4.90 Å². The predicted octanol–water partition coefficient (Wildman–Crippen LogP) is 19.9. The minimum atomic E-state index is -0.278. The maximum atomic E-state index is 12.5. The number of nitrogens with zero attached hydrogens (tertiary/aromatic N) is 1. The monoisotopic (exact) mass is 1050 g/mol. The fraction of sp³-hybridized carbons (Fsp3) is 0.746. The van der Waals surface area contributed by atoms with Gasteiger partial charge in [-0.1, -0.05) is 244 Å². The Labute approximate surface area is 471 Å². The van der Waals surface area contributed by atoms with E-state index in [-0.39, 0.29) is 65.0 Å². The summed E-state index contributed by atoms with van der Waals surface area (Å²) >= 11 is 0. The first-order valence-corrected chi connectivity index (χ1v) is 29.6. The Morgan fingerprint density at radius 3 is 0.671 bits per heavy atom. The summed E-state index contributed by atoms with van der Waals surface area (Å²) in [5.74, 6) is 1.34. The van der Waals surface area contributed by atoms with E-state index in [1.54, 1.807) is 0 Å². The second kappa shape index (κ2) is 22.8. The van der Waals surface area contributed by atoms with E-state index < -0.39 is 0 Å². The van der Waals surface area contributed by atoms with Gasteiger partial charge in [0.25, 0.3) is 0 Å². The minimum Gasteiger partial charge on any atom is -0.507 e. The summed E-state index contributed by atoms with van der Waals surface area (Å²) in [5.41, 5.74) is 8.62. The standard InChI is InChI=1S/C71H122N2O3/c1-60(2,3)42-66(19,20)51-33-48(34-52(57(51)74)67(21,22)43-61(4,5)6)39-72-31-32-73(40-49-35-53(68(23,24)44-62(7,8)9)58(75)54(36-49)69(25,26)45-63(10,11)12)41-50-37-55(70(27,28)46-64(13,14)15)59(76)56(38-50)71(29,30)47-65(16,17)18/h33-38,72,74-76H,31-32,39-47H2,1-30H3. The normalized spacial score (nSPS) is 14.6. The topological polar surface area (TPSA) is 76.0 Å². The molecular weight excluding hydrogens is 929 g/mol. The molecule has 0 atom stereocenters. The van der Waals surface area contributed by atoms with Gasteiger partial charge in [0.05, 0.1) is 0 Å². The van der Waals surface area contributed by atoms with Crippen molar-refractivity contribution in [3.63, 3.8) is 0 Å². The van der Waals surface area contributed by atoms with Gasteiger partial charge in [-0.05, 0) is 120 Å². The van der Waals surface area contributed by atoms with E-state index in [4.69, 9.17) is 0 Å². The van der Waals surface area contributed by atoms with Crippen molar-refractivity contribution in [1.29, 1.82) is 0 Å². The van der Waals surface area contributed by atoms with E-state index in [2.05, 4.69) is 254 Å². The van der Waals surface area contributed by atoms with Gasteiger partial charge in [0.1, 0.15) is 17.2 Å². The van der Waals surface area contributed by atoms with Crippen molar-refractivity contribution >= 4 is 0 Å². The first kappa shape index (κ1) is 67.3. The fourth-order valence-corrected chi connectivity index (χ4v) is 15.2. The molecule has 3 aromatic rings. The lowest BCUT2D eigenvalue weighted by molar-refractivity contribution is 0.249. The maximum Gasteiger partial charge on any atom is 0.123 e. The zero-order valence-corrected chi connectivity index (χ0v) is 55.5. The van der Waals surface area contributed by atoms with Crippen LogP contribution in [0.5, 0.6) is 17.2 Å². The SMILES string of the molecule is CC(C)(C)CC(C)(C)c1cc(CNCCN(Cc2cc(C(C)(C)CC(C)(C)C)c(O)c(C(C)(C)CC(C)(C)C)c2)Cc2cc(C(C)(C)CC(C)(C)C)c(O)c(C(C)(C)CC(C)(C)C)c2)cc(C(C)(C)CC(C)(C)C)c1O. The quantitative estimate of drug-likeness (QED) is 0.0800. The summed E-state index contributed by atoms with van der Waals surface area (Å²) in [7, 11) is 0. The van der Waals surface area contributed by atoms with Gasteiger partial charge < -0.3 is 20.6 Å². The summed E-state index contributed by atoms with van der Waals surface area (Å²) in [6.07, 6.45) is 5.61. The summed E-state index contributed by atoms with van der Waals surface area (Å²) in [6.45, 7) is 72.7. The molecule has 5 heteroatoms. The molecule has 4 N–H and O–H groups in total. The molecule has 0 aromatic heterocycles. The first-order chi connectivity index (χ1) is 33.6. The van der Waals surface area contributed by atoms with Crippen LogP contribution in [0.4, 0.5) is 0 Å². The van der Waals surface area contributed by atoms with Crippen LogP contribution in [0.3, 0.4) is 0 Å². The molecule has 0 bridgehead atoms.